The Morgan fingerprint density at radius 1 is 1.06 bits per heavy atom. The summed E-state index contributed by atoms with van der Waals surface area (Å²) >= 11 is 2.28. The zero-order valence-corrected chi connectivity index (χ0v) is 20.1. The lowest BCUT2D eigenvalue weighted by Crippen LogP contribution is -2.24. The molecule has 0 bridgehead atoms. The fraction of sp³-hybridized carbons (Fsp3) is 0.200. The summed E-state index contributed by atoms with van der Waals surface area (Å²) < 4.78 is 38.7. The fourth-order valence-corrected chi connectivity index (χ4v) is 4.94. The molecule has 2 N–H and O–H groups in total. The van der Waals surface area contributed by atoms with E-state index in [9.17, 15) is 22.4 Å². The molecule has 3 aromatic rings. The van der Waals surface area contributed by atoms with E-state index in [0.29, 0.717) is 4.34 Å². The van der Waals surface area contributed by atoms with Gasteiger partial charge >= 0.3 is 0 Å². The molecule has 174 valence electrons. The summed E-state index contributed by atoms with van der Waals surface area (Å²) in [6.07, 6.45) is 0. The summed E-state index contributed by atoms with van der Waals surface area (Å²) in [5.41, 5.74) is 1.04. The van der Waals surface area contributed by atoms with Crippen molar-refractivity contribution in [1.82, 2.24) is 19.8 Å². The van der Waals surface area contributed by atoms with E-state index in [-0.39, 0.29) is 39.6 Å². The first kappa shape index (κ1) is 24.8. The molecule has 0 spiro atoms. The van der Waals surface area contributed by atoms with E-state index in [2.05, 4.69) is 20.8 Å². The number of nitrogens with one attached hydrogen (secondary N) is 2. The number of benzene rings is 2. The van der Waals surface area contributed by atoms with Crippen LogP contribution < -0.4 is 10.6 Å². The zero-order valence-electron chi connectivity index (χ0n) is 17.6. The Kier molecular flexibility index (Phi) is 8.13. The number of hydrogen-bond acceptors (Lipinski definition) is 8. The van der Waals surface area contributed by atoms with E-state index < -0.39 is 15.9 Å². The maximum atomic E-state index is 12.9. The number of thioether (sulfide) groups is 1. The minimum absolute atomic E-state index is 0.0800. The van der Waals surface area contributed by atoms with Crippen LogP contribution in [0.4, 0.5) is 9.52 Å². The van der Waals surface area contributed by atoms with E-state index in [1.807, 2.05) is 0 Å². The molecule has 0 unspecified atom stereocenters. The molecule has 2 aromatic carbocycles. The zero-order chi connectivity index (χ0) is 24.0. The molecule has 0 fully saturated rings. The number of carbonyl (C=O) groups is 2. The molecule has 0 saturated carbocycles. The number of amides is 2. The van der Waals surface area contributed by atoms with Gasteiger partial charge < -0.3 is 5.32 Å². The lowest BCUT2D eigenvalue weighted by Gasteiger charge is -2.11. The van der Waals surface area contributed by atoms with Crippen molar-refractivity contribution in [3.8, 4) is 0 Å². The molecule has 0 saturated heterocycles. The van der Waals surface area contributed by atoms with Crippen molar-refractivity contribution < 1.29 is 22.4 Å². The first-order valence-electron chi connectivity index (χ1n) is 9.46. The highest BCUT2D eigenvalue weighted by atomic mass is 32.2. The minimum Gasteiger partial charge on any atom is -0.351 e. The third kappa shape index (κ3) is 6.81. The number of halogens is 1. The fourth-order valence-electron chi connectivity index (χ4n) is 2.46. The predicted molar refractivity (Wildman–Crippen MR) is 124 cm³/mol. The Labute approximate surface area is 198 Å². The Balaban J connectivity index is 1.49. The van der Waals surface area contributed by atoms with Crippen LogP contribution in [0.2, 0.25) is 0 Å². The average molecular weight is 510 g/mol. The van der Waals surface area contributed by atoms with Gasteiger partial charge in [0.05, 0.1) is 10.6 Å². The molecular formula is C20H20FN5O4S3. The van der Waals surface area contributed by atoms with Crippen molar-refractivity contribution in [3.63, 3.8) is 0 Å². The number of anilines is 1. The normalized spacial score (nSPS) is 11.4. The van der Waals surface area contributed by atoms with Gasteiger partial charge in [0.2, 0.25) is 21.1 Å². The number of sulfonamides is 1. The van der Waals surface area contributed by atoms with Gasteiger partial charge in [0.1, 0.15) is 5.82 Å². The van der Waals surface area contributed by atoms with Crippen molar-refractivity contribution in [1.29, 1.82) is 0 Å². The predicted octanol–water partition coefficient (Wildman–Crippen LogP) is 2.59. The molecule has 0 radical (unpaired) electrons. The quantitative estimate of drug-likeness (QED) is 0.336. The number of nitrogens with zero attached hydrogens (tertiary/aromatic N) is 3. The monoisotopic (exact) mass is 509 g/mol. The summed E-state index contributed by atoms with van der Waals surface area (Å²) in [7, 11) is -0.726. The van der Waals surface area contributed by atoms with Crippen LogP contribution in [-0.4, -0.2) is 54.6 Å². The maximum absolute atomic E-state index is 12.9. The van der Waals surface area contributed by atoms with Crippen molar-refractivity contribution in [2.45, 2.75) is 15.8 Å². The van der Waals surface area contributed by atoms with Gasteiger partial charge in [0.25, 0.3) is 5.91 Å². The second kappa shape index (κ2) is 10.8. The number of carbonyl (C=O) groups excluding carboxylic acids is 2. The molecule has 1 aromatic heterocycles. The van der Waals surface area contributed by atoms with Gasteiger partial charge in [-0.2, -0.15) is 0 Å². The SMILES string of the molecule is CN(C)S(=O)(=O)c1ccc(C(=O)Nc2nnc(SCC(=O)NCc3ccc(F)cc3)s2)cc1. The van der Waals surface area contributed by atoms with E-state index >= 15 is 0 Å². The Hall–Kier alpha value is -2.87. The molecule has 0 atom stereocenters. The lowest BCUT2D eigenvalue weighted by atomic mass is 10.2. The van der Waals surface area contributed by atoms with Crippen LogP contribution >= 0.6 is 23.1 Å². The third-order valence-electron chi connectivity index (χ3n) is 4.25. The van der Waals surface area contributed by atoms with Crippen molar-refractivity contribution >= 4 is 50.1 Å². The molecule has 0 aliphatic rings. The standard InChI is InChI=1S/C20H20FN5O4S3/c1-26(2)33(29,30)16-9-5-14(6-10-16)18(28)23-19-24-25-20(32-19)31-12-17(27)22-11-13-3-7-15(21)8-4-13/h3-10H,11-12H2,1-2H3,(H,22,27)(H,23,24,28). The molecule has 9 nitrogen and oxygen atoms in total. The summed E-state index contributed by atoms with van der Waals surface area (Å²) in [5, 5.41) is 13.4. The molecule has 2 amide bonds. The highest BCUT2D eigenvalue weighted by Crippen LogP contribution is 2.25. The van der Waals surface area contributed by atoms with Gasteiger partial charge in [0.15, 0.2) is 4.34 Å². The largest absolute Gasteiger partial charge is 0.351 e. The van der Waals surface area contributed by atoms with E-state index in [4.69, 9.17) is 0 Å². The molecule has 0 aliphatic heterocycles. The molecule has 33 heavy (non-hydrogen) atoms. The van der Waals surface area contributed by atoms with Gasteiger partial charge in [-0.1, -0.05) is 35.2 Å². The third-order valence-corrected chi connectivity index (χ3v) is 8.05. The van der Waals surface area contributed by atoms with Crippen LogP contribution in [0.15, 0.2) is 57.8 Å². The van der Waals surface area contributed by atoms with Crippen molar-refractivity contribution in [3.05, 3.63) is 65.5 Å². The minimum atomic E-state index is -3.58. The van der Waals surface area contributed by atoms with E-state index in [1.54, 1.807) is 12.1 Å². The van der Waals surface area contributed by atoms with Crippen molar-refractivity contribution in [2.75, 3.05) is 25.2 Å². The number of aromatic nitrogens is 2. The Morgan fingerprint density at radius 2 is 1.73 bits per heavy atom. The Bertz CT molecular complexity index is 1230. The second-order valence-corrected chi connectivity index (χ2v) is 11.2. The highest BCUT2D eigenvalue weighted by molar-refractivity contribution is 8.01. The van der Waals surface area contributed by atoms with Gasteiger partial charge in [-0.05, 0) is 42.0 Å². The first-order valence-corrected chi connectivity index (χ1v) is 12.7. The van der Waals surface area contributed by atoms with Crippen LogP contribution in [-0.2, 0) is 21.4 Å². The summed E-state index contributed by atoms with van der Waals surface area (Å²) in [5.74, 6) is -0.925. The van der Waals surface area contributed by atoms with E-state index in [0.717, 1.165) is 21.2 Å². The smallest absolute Gasteiger partial charge is 0.257 e. The summed E-state index contributed by atoms with van der Waals surface area (Å²) in [6.45, 7) is 0.283. The van der Waals surface area contributed by atoms with Gasteiger partial charge in [0, 0.05) is 26.2 Å². The van der Waals surface area contributed by atoms with Crippen LogP contribution in [0.3, 0.4) is 0 Å². The topological polar surface area (TPSA) is 121 Å². The van der Waals surface area contributed by atoms with Crippen LogP contribution in [0.25, 0.3) is 0 Å². The van der Waals surface area contributed by atoms with Gasteiger partial charge in [-0.25, -0.2) is 17.1 Å². The maximum Gasteiger partial charge on any atom is 0.257 e. The Morgan fingerprint density at radius 3 is 2.36 bits per heavy atom. The highest BCUT2D eigenvalue weighted by Gasteiger charge is 2.18. The van der Waals surface area contributed by atoms with E-state index in [1.165, 1.54) is 62.3 Å². The first-order chi connectivity index (χ1) is 15.6. The number of rotatable bonds is 9. The van der Waals surface area contributed by atoms with Crippen LogP contribution in [0.5, 0.6) is 0 Å². The second-order valence-electron chi connectivity index (χ2n) is 6.83. The summed E-state index contributed by atoms with van der Waals surface area (Å²) in [6, 6.07) is 11.4. The molecular weight excluding hydrogens is 489 g/mol. The van der Waals surface area contributed by atoms with Gasteiger partial charge in [-0.3, -0.25) is 14.9 Å². The lowest BCUT2D eigenvalue weighted by molar-refractivity contribution is -0.118. The molecule has 0 aliphatic carbocycles. The van der Waals surface area contributed by atoms with Gasteiger partial charge in [-0.15, -0.1) is 10.2 Å². The number of hydrogen-bond donors (Lipinski definition) is 2. The van der Waals surface area contributed by atoms with Crippen LogP contribution in [0, 0.1) is 5.82 Å². The summed E-state index contributed by atoms with van der Waals surface area (Å²) in [4.78, 5) is 24.5. The van der Waals surface area contributed by atoms with Crippen LogP contribution in [0.1, 0.15) is 15.9 Å². The average Bonchev–Trinajstić information content (AvgIpc) is 3.24. The van der Waals surface area contributed by atoms with Crippen molar-refractivity contribution in [2.24, 2.45) is 0 Å². The molecule has 1 heterocycles. The molecule has 3 rings (SSSR count). The molecule has 13 heteroatoms.